The summed E-state index contributed by atoms with van der Waals surface area (Å²) < 4.78 is 0. The molecule has 2 aliphatic heterocycles. The van der Waals surface area contributed by atoms with E-state index in [2.05, 4.69) is 57.3 Å². The molecule has 164 valence electrons. The molecule has 1 amide bonds. The zero-order valence-electron chi connectivity index (χ0n) is 18.2. The van der Waals surface area contributed by atoms with E-state index in [4.69, 9.17) is 11.6 Å². The highest BCUT2D eigenvalue weighted by Crippen LogP contribution is 2.33. The molecule has 2 aliphatic rings. The number of carbonyl (C=O) groups is 1. The summed E-state index contributed by atoms with van der Waals surface area (Å²) in [4.78, 5) is 28.2. The fraction of sp³-hybridized carbons (Fsp3) is 0.292. The fourth-order valence-corrected chi connectivity index (χ4v) is 4.51. The van der Waals surface area contributed by atoms with Gasteiger partial charge in [-0.1, -0.05) is 23.7 Å². The van der Waals surface area contributed by atoms with Gasteiger partial charge in [0.15, 0.2) is 0 Å². The summed E-state index contributed by atoms with van der Waals surface area (Å²) in [6.07, 6.45) is 1.59. The number of anilines is 4. The molecule has 1 aromatic heterocycles. The monoisotopic (exact) mass is 448 g/mol. The average molecular weight is 449 g/mol. The molecule has 0 atom stereocenters. The third kappa shape index (κ3) is 3.89. The summed E-state index contributed by atoms with van der Waals surface area (Å²) in [6.45, 7) is 6.72. The third-order valence-electron chi connectivity index (χ3n) is 6.09. The van der Waals surface area contributed by atoms with E-state index in [1.807, 2.05) is 18.2 Å². The van der Waals surface area contributed by atoms with E-state index >= 15 is 0 Å². The number of nitrogens with one attached hydrogen (secondary N) is 1. The van der Waals surface area contributed by atoms with Gasteiger partial charge in [0.05, 0.1) is 28.5 Å². The fourth-order valence-electron chi connectivity index (χ4n) is 4.27. The average Bonchev–Trinajstić information content (AvgIpc) is 3.11. The Morgan fingerprint density at radius 3 is 2.56 bits per heavy atom. The highest BCUT2D eigenvalue weighted by Gasteiger charge is 2.31. The summed E-state index contributed by atoms with van der Waals surface area (Å²) in [7, 11) is 2.16. The number of benzene rings is 2. The smallest absolute Gasteiger partial charge is 0.262 e. The van der Waals surface area contributed by atoms with Gasteiger partial charge in [-0.25, -0.2) is 9.97 Å². The first kappa shape index (κ1) is 20.7. The minimum atomic E-state index is -0.132. The lowest BCUT2D eigenvalue weighted by Gasteiger charge is -2.35. The molecule has 0 spiro atoms. The summed E-state index contributed by atoms with van der Waals surface area (Å²) >= 11 is 6.29. The number of nitrogens with zero attached hydrogens (tertiary/aromatic N) is 5. The predicted molar refractivity (Wildman–Crippen MR) is 128 cm³/mol. The summed E-state index contributed by atoms with van der Waals surface area (Å²) in [5.41, 5.74) is 5.28. The second-order valence-corrected chi connectivity index (χ2v) is 8.72. The maximum absolute atomic E-state index is 12.8. The van der Waals surface area contributed by atoms with Crippen LogP contribution >= 0.6 is 11.6 Å². The van der Waals surface area contributed by atoms with Crippen molar-refractivity contribution in [2.45, 2.75) is 13.5 Å². The maximum Gasteiger partial charge on any atom is 0.262 e. The number of hydrogen-bond acceptors (Lipinski definition) is 6. The van der Waals surface area contributed by atoms with Crippen LogP contribution in [0, 0.1) is 6.92 Å². The van der Waals surface area contributed by atoms with Gasteiger partial charge in [0.1, 0.15) is 0 Å². The van der Waals surface area contributed by atoms with Gasteiger partial charge in [-0.15, -0.1) is 0 Å². The predicted octanol–water partition coefficient (Wildman–Crippen LogP) is 4.09. The first-order valence-corrected chi connectivity index (χ1v) is 11.1. The highest BCUT2D eigenvalue weighted by molar-refractivity contribution is 6.34. The number of hydrogen-bond donors (Lipinski definition) is 1. The van der Waals surface area contributed by atoms with Crippen molar-refractivity contribution in [3.05, 3.63) is 70.5 Å². The van der Waals surface area contributed by atoms with Crippen molar-refractivity contribution >= 4 is 40.5 Å². The molecule has 0 aliphatic carbocycles. The summed E-state index contributed by atoms with van der Waals surface area (Å²) in [5.74, 6) is 0.344. The molecule has 32 heavy (non-hydrogen) atoms. The van der Waals surface area contributed by atoms with E-state index in [1.165, 1.54) is 11.3 Å². The summed E-state index contributed by atoms with van der Waals surface area (Å²) in [5, 5.41) is 3.83. The Kier molecular flexibility index (Phi) is 5.45. The first-order chi connectivity index (χ1) is 15.5. The molecular weight excluding hydrogens is 424 g/mol. The quantitative estimate of drug-likeness (QED) is 0.648. The molecule has 3 heterocycles. The Labute approximate surface area is 192 Å². The number of halogens is 1. The number of para-hydroxylation sites is 1. The standard InChI is InChI=1S/C24H25ClN6O/c1-16-13-17(7-8-21(16)30-11-9-29(2)10-12-30)27-24-26-14-18-20(28-24)15-31(23(18)32)22-6-4-3-5-19(22)25/h3-8,13-14H,9-12,15H2,1-2H3,(H,26,27,28). The van der Waals surface area contributed by atoms with Gasteiger partial charge in [-0.05, 0) is 49.9 Å². The zero-order chi connectivity index (χ0) is 22.2. The number of amides is 1. The minimum Gasteiger partial charge on any atom is -0.369 e. The normalized spacial score (nSPS) is 16.4. The van der Waals surface area contributed by atoms with Crippen molar-refractivity contribution in [3.8, 4) is 0 Å². The van der Waals surface area contributed by atoms with Gasteiger partial charge in [-0.3, -0.25) is 4.79 Å². The maximum atomic E-state index is 12.8. The number of aryl methyl sites for hydroxylation is 1. The second-order valence-electron chi connectivity index (χ2n) is 8.31. The topological polar surface area (TPSA) is 64.6 Å². The molecule has 1 saturated heterocycles. The van der Waals surface area contributed by atoms with Crippen LogP contribution in [0.1, 0.15) is 21.6 Å². The van der Waals surface area contributed by atoms with Crippen LogP contribution in [0.5, 0.6) is 0 Å². The van der Waals surface area contributed by atoms with Crippen LogP contribution in [0.2, 0.25) is 5.02 Å². The van der Waals surface area contributed by atoms with E-state index in [9.17, 15) is 4.79 Å². The molecule has 0 saturated carbocycles. The molecule has 2 aromatic carbocycles. The number of fused-ring (bicyclic) bond motifs is 1. The van der Waals surface area contributed by atoms with E-state index < -0.39 is 0 Å². The van der Waals surface area contributed by atoms with Crippen molar-refractivity contribution in [3.63, 3.8) is 0 Å². The van der Waals surface area contributed by atoms with Crippen LogP contribution in [-0.4, -0.2) is 54.0 Å². The molecular formula is C24H25ClN6O. The number of carbonyl (C=O) groups excluding carboxylic acids is 1. The van der Waals surface area contributed by atoms with Crippen LogP contribution in [0.4, 0.5) is 23.0 Å². The van der Waals surface area contributed by atoms with Gasteiger partial charge < -0.3 is 20.0 Å². The summed E-state index contributed by atoms with van der Waals surface area (Å²) in [6, 6.07) is 13.6. The molecule has 1 N–H and O–H groups in total. The molecule has 7 nitrogen and oxygen atoms in total. The van der Waals surface area contributed by atoms with E-state index in [0.29, 0.717) is 34.5 Å². The number of aromatic nitrogens is 2. The van der Waals surface area contributed by atoms with Crippen LogP contribution in [0.15, 0.2) is 48.7 Å². The molecule has 0 bridgehead atoms. The second kappa shape index (κ2) is 8.41. The van der Waals surface area contributed by atoms with Crippen molar-refractivity contribution in [2.24, 2.45) is 0 Å². The van der Waals surface area contributed by atoms with Crippen LogP contribution < -0.4 is 15.1 Å². The number of likely N-dealkylation sites (N-methyl/N-ethyl adjacent to an activating group) is 1. The van der Waals surface area contributed by atoms with Crippen molar-refractivity contribution in [1.82, 2.24) is 14.9 Å². The Morgan fingerprint density at radius 2 is 1.81 bits per heavy atom. The van der Waals surface area contributed by atoms with Crippen molar-refractivity contribution in [2.75, 3.05) is 48.3 Å². The number of piperazine rings is 1. The largest absolute Gasteiger partial charge is 0.369 e. The molecule has 8 heteroatoms. The van der Waals surface area contributed by atoms with E-state index in [-0.39, 0.29) is 5.91 Å². The first-order valence-electron chi connectivity index (χ1n) is 10.7. The van der Waals surface area contributed by atoms with Crippen LogP contribution in [0.3, 0.4) is 0 Å². The highest BCUT2D eigenvalue weighted by atomic mass is 35.5. The van der Waals surface area contributed by atoms with Gasteiger partial charge >= 0.3 is 0 Å². The molecule has 1 fully saturated rings. The lowest BCUT2D eigenvalue weighted by atomic mass is 10.1. The van der Waals surface area contributed by atoms with Crippen LogP contribution in [0.25, 0.3) is 0 Å². The van der Waals surface area contributed by atoms with Gasteiger partial charge in [0.2, 0.25) is 5.95 Å². The van der Waals surface area contributed by atoms with Gasteiger partial charge in [-0.2, -0.15) is 0 Å². The van der Waals surface area contributed by atoms with Crippen molar-refractivity contribution < 1.29 is 4.79 Å². The lowest BCUT2D eigenvalue weighted by molar-refractivity contribution is 0.0996. The molecule has 5 rings (SSSR count). The zero-order valence-corrected chi connectivity index (χ0v) is 18.9. The number of rotatable bonds is 4. The molecule has 0 radical (unpaired) electrons. The Morgan fingerprint density at radius 1 is 1.03 bits per heavy atom. The van der Waals surface area contributed by atoms with Gasteiger partial charge in [0.25, 0.3) is 5.91 Å². The van der Waals surface area contributed by atoms with Crippen molar-refractivity contribution in [1.29, 1.82) is 0 Å². The van der Waals surface area contributed by atoms with E-state index in [1.54, 1.807) is 17.2 Å². The minimum absolute atomic E-state index is 0.132. The lowest BCUT2D eigenvalue weighted by Crippen LogP contribution is -2.44. The SMILES string of the molecule is Cc1cc(Nc2ncc3c(n2)CN(c2ccccc2Cl)C3=O)ccc1N1CCN(C)CC1. The molecule has 0 unspecified atom stereocenters. The Hall–Kier alpha value is -3.16. The third-order valence-corrected chi connectivity index (χ3v) is 6.41. The van der Waals surface area contributed by atoms with Crippen LogP contribution in [-0.2, 0) is 6.54 Å². The van der Waals surface area contributed by atoms with E-state index in [0.717, 1.165) is 31.9 Å². The van der Waals surface area contributed by atoms with Gasteiger partial charge in [0, 0.05) is 43.8 Å². The molecule has 3 aromatic rings. The Bertz CT molecular complexity index is 1170. The Balaban J connectivity index is 1.33.